The van der Waals surface area contributed by atoms with Crippen LogP contribution >= 0.6 is 0 Å². The highest BCUT2D eigenvalue weighted by molar-refractivity contribution is 7.90. The van der Waals surface area contributed by atoms with Gasteiger partial charge in [-0.25, -0.2) is 8.42 Å². The number of benzene rings is 1. The lowest BCUT2D eigenvalue weighted by Crippen LogP contribution is -2.40. The second-order valence-electron chi connectivity index (χ2n) is 4.95. The summed E-state index contributed by atoms with van der Waals surface area (Å²) in [4.78, 5) is 10.0. The first-order chi connectivity index (χ1) is 8.09. The summed E-state index contributed by atoms with van der Waals surface area (Å²) in [5.41, 5.74) is 5.13. The number of nitro benzene ring substituents is 1. The molecule has 0 spiro atoms. The van der Waals surface area contributed by atoms with E-state index in [4.69, 9.17) is 5.73 Å². The average molecular weight is 272 g/mol. The van der Waals surface area contributed by atoms with Crippen molar-refractivity contribution in [2.45, 2.75) is 25.1 Å². The molecule has 0 aliphatic rings. The molecule has 0 unspecified atom stereocenters. The third-order valence-electron chi connectivity index (χ3n) is 2.10. The van der Waals surface area contributed by atoms with Gasteiger partial charge < -0.3 is 5.73 Å². The smallest absolute Gasteiger partial charge is 0.269 e. The zero-order valence-electron chi connectivity index (χ0n) is 10.3. The number of nitro groups is 1. The average Bonchev–Trinajstić information content (AvgIpc) is 2.12. The highest BCUT2D eigenvalue weighted by Crippen LogP contribution is 2.16. The van der Waals surface area contributed by atoms with Crippen molar-refractivity contribution in [3.8, 4) is 0 Å². The Balaban J connectivity index is 2.91. The minimum Gasteiger partial charge on any atom is -0.325 e. The Labute approximate surface area is 106 Å². The first-order valence-corrected chi connectivity index (χ1v) is 7.14. The fourth-order valence-corrected chi connectivity index (χ4v) is 3.55. The predicted molar refractivity (Wildman–Crippen MR) is 68.9 cm³/mol. The highest BCUT2D eigenvalue weighted by atomic mass is 32.2. The van der Waals surface area contributed by atoms with Crippen molar-refractivity contribution in [3.63, 3.8) is 0 Å². The quantitative estimate of drug-likeness (QED) is 0.641. The molecule has 0 saturated carbocycles. The molecule has 0 amide bonds. The number of hydrogen-bond acceptors (Lipinski definition) is 5. The normalized spacial score (nSPS) is 12.4. The molecule has 0 heterocycles. The molecule has 1 aromatic rings. The fraction of sp³-hybridized carbons (Fsp3) is 0.455. The first-order valence-electron chi connectivity index (χ1n) is 5.32. The summed E-state index contributed by atoms with van der Waals surface area (Å²) in [5.74, 6) is -0.405. The molecule has 0 aromatic heterocycles. The zero-order chi connectivity index (χ0) is 14.0. The van der Waals surface area contributed by atoms with Crippen LogP contribution in [-0.2, 0) is 15.6 Å². The van der Waals surface area contributed by atoms with Gasteiger partial charge in [0.15, 0.2) is 9.84 Å². The summed E-state index contributed by atoms with van der Waals surface area (Å²) in [6, 6.07) is 5.61. The maximum absolute atomic E-state index is 11.8. The molecule has 6 nitrogen and oxygen atoms in total. The monoisotopic (exact) mass is 272 g/mol. The zero-order valence-corrected chi connectivity index (χ0v) is 11.1. The third-order valence-corrected chi connectivity index (χ3v) is 4.06. The SMILES string of the molecule is CC(C)(N)CS(=O)(=O)Cc1cccc([N+](=O)[O-])c1. The van der Waals surface area contributed by atoms with E-state index in [9.17, 15) is 18.5 Å². The predicted octanol–water partition coefficient (Wildman–Crippen LogP) is 1.25. The molecule has 0 atom stereocenters. The van der Waals surface area contributed by atoms with E-state index in [1.807, 2.05) is 0 Å². The molecule has 0 saturated heterocycles. The van der Waals surface area contributed by atoms with Gasteiger partial charge in [0.2, 0.25) is 0 Å². The van der Waals surface area contributed by atoms with Crippen LogP contribution in [0.1, 0.15) is 19.4 Å². The summed E-state index contributed by atoms with van der Waals surface area (Å²) >= 11 is 0. The van der Waals surface area contributed by atoms with Gasteiger partial charge in [0.1, 0.15) is 0 Å². The molecule has 18 heavy (non-hydrogen) atoms. The second-order valence-corrected chi connectivity index (χ2v) is 7.01. The molecule has 0 aliphatic carbocycles. The largest absolute Gasteiger partial charge is 0.325 e. The maximum atomic E-state index is 11.8. The summed E-state index contributed by atoms with van der Waals surface area (Å²) in [7, 11) is -3.38. The van der Waals surface area contributed by atoms with Crippen molar-refractivity contribution < 1.29 is 13.3 Å². The van der Waals surface area contributed by atoms with Crippen molar-refractivity contribution in [1.29, 1.82) is 0 Å². The molecular weight excluding hydrogens is 256 g/mol. The Kier molecular flexibility index (Phi) is 4.08. The van der Waals surface area contributed by atoms with Crippen LogP contribution in [0.15, 0.2) is 24.3 Å². The van der Waals surface area contributed by atoms with E-state index >= 15 is 0 Å². The molecule has 0 fully saturated rings. The Morgan fingerprint density at radius 1 is 1.39 bits per heavy atom. The van der Waals surface area contributed by atoms with Crippen LogP contribution in [0.5, 0.6) is 0 Å². The van der Waals surface area contributed by atoms with Crippen LogP contribution in [0.3, 0.4) is 0 Å². The Hall–Kier alpha value is -1.47. The van der Waals surface area contributed by atoms with E-state index in [0.29, 0.717) is 5.56 Å². The number of non-ortho nitro benzene ring substituents is 1. The summed E-state index contributed by atoms with van der Waals surface area (Å²) in [6.07, 6.45) is 0. The van der Waals surface area contributed by atoms with Crippen LogP contribution in [0, 0.1) is 10.1 Å². The molecule has 100 valence electrons. The van der Waals surface area contributed by atoms with Crippen LogP contribution < -0.4 is 5.73 Å². The molecule has 0 bridgehead atoms. The molecule has 7 heteroatoms. The van der Waals surface area contributed by atoms with Gasteiger partial charge in [-0.3, -0.25) is 10.1 Å². The molecule has 1 rings (SSSR count). The summed E-state index contributed by atoms with van der Waals surface area (Å²) in [5, 5.41) is 10.6. The van der Waals surface area contributed by atoms with Crippen molar-refractivity contribution >= 4 is 15.5 Å². The van der Waals surface area contributed by atoms with Gasteiger partial charge in [-0.2, -0.15) is 0 Å². The number of rotatable bonds is 5. The van der Waals surface area contributed by atoms with Crippen molar-refractivity contribution in [1.82, 2.24) is 0 Å². The van der Waals surface area contributed by atoms with Gasteiger partial charge in [-0.1, -0.05) is 12.1 Å². The van der Waals surface area contributed by atoms with E-state index in [0.717, 1.165) is 0 Å². The van der Waals surface area contributed by atoms with E-state index in [1.165, 1.54) is 18.2 Å². The van der Waals surface area contributed by atoms with Gasteiger partial charge in [0.05, 0.1) is 16.4 Å². The summed E-state index contributed by atoms with van der Waals surface area (Å²) in [6.45, 7) is 3.25. The van der Waals surface area contributed by atoms with Gasteiger partial charge in [0, 0.05) is 17.7 Å². The van der Waals surface area contributed by atoms with E-state index in [2.05, 4.69) is 0 Å². The van der Waals surface area contributed by atoms with Gasteiger partial charge >= 0.3 is 0 Å². The van der Waals surface area contributed by atoms with E-state index in [1.54, 1.807) is 19.9 Å². The Morgan fingerprint density at radius 2 is 2.00 bits per heavy atom. The number of nitrogens with two attached hydrogens (primary N) is 1. The first kappa shape index (κ1) is 14.6. The van der Waals surface area contributed by atoms with Crippen molar-refractivity contribution in [2.24, 2.45) is 5.73 Å². The standard InChI is InChI=1S/C11H16N2O4S/c1-11(2,12)8-18(16,17)7-9-4-3-5-10(6-9)13(14)15/h3-6H,7-8,12H2,1-2H3. The topological polar surface area (TPSA) is 103 Å². The Bertz CT molecular complexity index is 546. The molecule has 0 radical (unpaired) electrons. The molecule has 1 aromatic carbocycles. The van der Waals surface area contributed by atoms with Gasteiger partial charge in [-0.05, 0) is 19.4 Å². The van der Waals surface area contributed by atoms with Crippen LogP contribution in [0.4, 0.5) is 5.69 Å². The van der Waals surface area contributed by atoms with E-state index in [-0.39, 0.29) is 17.2 Å². The second kappa shape index (κ2) is 5.03. The minimum atomic E-state index is -3.38. The third kappa shape index (κ3) is 4.80. The molecular formula is C11H16N2O4S. The van der Waals surface area contributed by atoms with Crippen LogP contribution in [0.25, 0.3) is 0 Å². The van der Waals surface area contributed by atoms with Gasteiger partial charge in [0.25, 0.3) is 5.69 Å². The number of hydrogen-bond donors (Lipinski definition) is 1. The fourth-order valence-electron chi connectivity index (χ4n) is 1.63. The molecule has 0 aliphatic heterocycles. The minimum absolute atomic E-state index is 0.116. The number of nitrogens with zero attached hydrogens (tertiary/aromatic N) is 1. The summed E-state index contributed by atoms with van der Waals surface area (Å²) < 4.78 is 23.7. The lowest BCUT2D eigenvalue weighted by atomic mass is 10.1. The maximum Gasteiger partial charge on any atom is 0.269 e. The lowest BCUT2D eigenvalue weighted by molar-refractivity contribution is -0.384. The van der Waals surface area contributed by atoms with Crippen molar-refractivity contribution in [2.75, 3.05) is 5.75 Å². The highest BCUT2D eigenvalue weighted by Gasteiger charge is 2.22. The Morgan fingerprint density at radius 3 is 2.50 bits per heavy atom. The lowest BCUT2D eigenvalue weighted by Gasteiger charge is -2.18. The molecule has 2 N–H and O–H groups in total. The van der Waals surface area contributed by atoms with Crippen LogP contribution in [0.2, 0.25) is 0 Å². The van der Waals surface area contributed by atoms with Gasteiger partial charge in [-0.15, -0.1) is 0 Å². The van der Waals surface area contributed by atoms with E-state index < -0.39 is 20.3 Å². The van der Waals surface area contributed by atoms with Crippen molar-refractivity contribution in [3.05, 3.63) is 39.9 Å². The van der Waals surface area contributed by atoms with Crippen LogP contribution in [-0.4, -0.2) is 24.6 Å². The number of sulfone groups is 1.